The van der Waals surface area contributed by atoms with E-state index in [0.29, 0.717) is 6.04 Å². The van der Waals surface area contributed by atoms with Gasteiger partial charge in [0.2, 0.25) is 0 Å². The maximum Gasteiger partial charge on any atom is 0.0688 e. The molecule has 4 rings (SSSR count). The second-order valence-electron chi connectivity index (χ2n) is 5.05. The SMILES string of the molecule is S=CN(c1ccccc1)C1CN2CCC1CC2. The van der Waals surface area contributed by atoms with Crippen LogP contribution in [-0.2, 0) is 0 Å². The Balaban J connectivity index is 1.84. The lowest BCUT2D eigenvalue weighted by atomic mass is 9.83. The smallest absolute Gasteiger partial charge is 0.0688 e. The molecule has 0 saturated carbocycles. The van der Waals surface area contributed by atoms with Crippen molar-refractivity contribution >= 4 is 23.4 Å². The zero-order valence-electron chi connectivity index (χ0n) is 9.96. The van der Waals surface area contributed by atoms with E-state index >= 15 is 0 Å². The summed E-state index contributed by atoms with van der Waals surface area (Å²) in [4.78, 5) is 4.87. The van der Waals surface area contributed by atoms with E-state index in [9.17, 15) is 0 Å². The second-order valence-corrected chi connectivity index (χ2v) is 5.26. The van der Waals surface area contributed by atoms with E-state index in [1.54, 1.807) is 0 Å². The highest BCUT2D eigenvalue weighted by Gasteiger charge is 2.37. The number of benzene rings is 1. The maximum atomic E-state index is 5.23. The molecule has 0 aromatic heterocycles. The first kappa shape index (κ1) is 11.2. The summed E-state index contributed by atoms with van der Waals surface area (Å²) < 4.78 is 0. The Labute approximate surface area is 108 Å². The van der Waals surface area contributed by atoms with Crippen LogP contribution in [0.3, 0.4) is 0 Å². The average molecular weight is 246 g/mol. The summed E-state index contributed by atoms with van der Waals surface area (Å²) in [5, 5.41) is 0. The van der Waals surface area contributed by atoms with Gasteiger partial charge >= 0.3 is 0 Å². The molecule has 3 heteroatoms. The van der Waals surface area contributed by atoms with Gasteiger partial charge in [0.1, 0.15) is 0 Å². The van der Waals surface area contributed by atoms with Crippen LogP contribution in [0.2, 0.25) is 0 Å². The number of anilines is 1. The van der Waals surface area contributed by atoms with E-state index in [4.69, 9.17) is 12.2 Å². The summed E-state index contributed by atoms with van der Waals surface area (Å²) in [6.07, 6.45) is 2.66. The Morgan fingerprint density at radius 2 is 1.88 bits per heavy atom. The van der Waals surface area contributed by atoms with Crippen LogP contribution in [0.4, 0.5) is 5.69 Å². The first-order valence-corrected chi connectivity index (χ1v) is 6.86. The van der Waals surface area contributed by atoms with Gasteiger partial charge in [0.05, 0.1) is 11.5 Å². The maximum absolute atomic E-state index is 5.23. The molecule has 2 bridgehead atoms. The number of hydrogen-bond donors (Lipinski definition) is 0. The lowest BCUT2D eigenvalue weighted by molar-refractivity contribution is 0.0911. The number of rotatable bonds is 3. The van der Waals surface area contributed by atoms with Gasteiger partial charge in [-0.3, -0.25) is 0 Å². The first-order chi connectivity index (χ1) is 8.38. The van der Waals surface area contributed by atoms with Gasteiger partial charge in [0.15, 0.2) is 0 Å². The summed E-state index contributed by atoms with van der Waals surface area (Å²) in [6, 6.07) is 11.1. The molecule has 0 amide bonds. The molecule has 3 aliphatic heterocycles. The van der Waals surface area contributed by atoms with Crippen molar-refractivity contribution in [2.75, 3.05) is 24.5 Å². The van der Waals surface area contributed by atoms with Crippen molar-refractivity contribution in [3.63, 3.8) is 0 Å². The topological polar surface area (TPSA) is 6.48 Å². The van der Waals surface area contributed by atoms with Gasteiger partial charge in [-0.05, 0) is 44.0 Å². The van der Waals surface area contributed by atoms with Crippen molar-refractivity contribution < 1.29 is 0 Å². The molecule has 17 heavy (non-hydrogen) atoms. The Hall–Kier alpha value is -0.930. The van der Waals surface area contributed by atoms with Gasteiger partial charge < -0.3 is 9.80 Å². The second kappa shape index (κ2) is 4.75. The van der Waals surface area contributed by atoms with Gasteiger partial charge in [-0.1, -0.05) is 30.4 Å². The van der Waals surface area contributed by atoms with Crippen LogP contribution in [0.5, 0.6) is 0 Å². The lowest BCUT2D eigenvalue weighted by Crippen LogP contribution is -2.57. The molecule has 3 saturated heterocycles. The van der Waals surface area contributed by atoms with Crippen molar-refractivity contribution in [3.8, 4) is 0 Å². The molecule has 3 fully saturated rings. The molecule has 2 nitrogen and oxygen atoms in total. The predicted octanol–water partition coefficient (Wildman–Crippen LogP) is 2.54. The van der Waals surface area contributed by atoms with Crippen molar-refractivity contribution in [1.82, 2.24) is 4.90 Å². The highest BCUT2D eigenvalue weighted by atomic mass is 32.1. The van der Waals surface area contributed by atoms with E-state index in [1.165, 1.54) is 38.2 Å². The third kappa shape index (κ3) is 2.09. The van der Waals surface area contributed by atoms with E-state index in [0.717, 1.165) is 5.92 Å². The molecule has 1 aromatic rings. The number of nitrogens with zero attached hydrogens (tertiary/aromatic N) is 2. The summed E-state index contributed by atoms with van der Waals surface area (Å²) in [5.41, 5.74) is 3.07. The standard InChI is InChI=1S/C14H18N2S/c17-11-16(13-4-2-1-3-5-13)14-10-15-8-6-12(14)7-9-15/h1-5,11-12,14H,6-10H2. The summed E-state index contributed by atoms with van der Waals surface area (Å²) in [5.74, 6) is 0.819. The fourth-order valence-electron chi connectivity index (χ4n) is 3.18. The largest absolute Gasteiger partial charge is 0.334 e. The monoisotopic (exact) mass is 246 g/mol. The fourth-order valence-corrected chi connectivity index (χ4v) is 3.46. The molecule has 0 spiro atoms. The minimum atomic E-state index is 0.581. The third-order valence-corrected chi connectivity index (χ3v) is 4.37. The van der Waals surface area contributed by atoms with Crippen LogP contribution in [0.1, 0.15) is 12.8 Å². The Morgan fingerprint density at radius 3 is 2.41 bits per heavy atom. The third-order valence-electron chi connectivity index (χ3n) is 4.15. The highest BCUT2D eigenvalue weighted by molar-refractivity contribution is 7.79. The van der Waals surface area contributed by atoms with E-state index in [2.05, 4.69) is 40.1 Å². The van der Waals surface area contributed by atoms with Crippen LogP contribution in [0, 0.1) is 5.92 Å². The predicted molar refractivity (Wildman–Crippen MR) is 75.5 cm³/mol. The van der Waals surface area contributed by atoms with E-state index in [-0.39, 0.29) is 0 Å². The molecule has 0 radical (unpaired) electrons. The van der Waals surface area contributed by atoms with Crippen molar-refractivity contribution in [3.05, 3.63) is 30.3 Å². The number of para-hydroxylation sites is 1. The van der Waals surface area contributed by atoms with Gasteiger partial charge in [0, 0.05) is 12.2 Å². The first-order valence-electron chi connectivity index (χ1n) is 6.39. The van der Waals surface area contributed by atoms with Gasteiger partial charge in [0.25, 0.3) is 0 Å². The highest BCUT2D eigenvalue weighted by Crippen LogP contribution is 2.32. The fraction of sp³-hybridized carbons (Fsp3) is 0.500. The molecule has 1 unspecified atom stereocenters. The molecular formula is C14H18N2S. The van der Waals surface area contributed by atoms with Crippen LogP contribution in [0.25, 0.3) is 0 Å². The van der Waals surface area contributed by atoms with E-state index in [1.807, 2.05) is 5.49 Å². The number of fused-ring (bicyclic) bond motifs is 3. The van der Waals surface area contributed by atoms with Crippen LogP contribution in [0.15, 0.2) is 30.3 Å². The Kier molecular flexibility index (Phi) is 3.12. The van der Waals surface area contributed by atoms with E-state index < -0.39 is 0 Å². The molecule has 0 N–H and O–H groups in total. The zero-order valence-corrected chi connectivity index (χ0v) is 10.8. The number of thiocarbonyl (C=S) groups is 1. The summed E-state index contributed by atoms with van der Waals surface area (Å²) >= 11 is 5.23. The van der Waals surface area contributed by atoms with Crippen molar-refractivity contribution in [1.29, 1.82) is 0 Å². The van der Waals surface area contributed by atoms with Crippen LogP contribution in [-0.4, -0.2) is 36.1 Å². The van der Waals surface area contributed by atoms with Gasteiger partial charge in [-0.2, -0.15) is 0 Å². The summed E-state index contributed by atoms with van der Waals surface area (Å²) in [6.45, 7) is 3.73. The quantitative estimate of drug-likeness (QED) is 0.757. The molecule has 3 aliphatic rings. The lowest BCUT2D eigenvalue weighted by Gasteiger charge is -2.48. The summed E-state index contributed by atoms with van der Waals surface area (Å²) in [7, 11) is 0. The molecule has 1 atom stereocenters. The number of piperidine rings is 3. The number of hydrogen-bond acceptors (Lipinski definition) is 2. The van der Waals surface area contributed by atoms with Crippen molar-refractivity contribution in [2.45, 2.75) is 18.9 Å². The van der Waals surface area contributed by atoms with Gasteiger partial charge in [-0.15, -0.1) is 0 Å². The molecule has 3 heterocycles. The normalized spacial score (nSPS) is 31.2. The Bertz CT molecular complexity index is 384. The Morgan fingerprint density at radius 1 is 1.18 bits per heavy atom. The molecule has 90 valence electrons. The molecular weight excluding hydrogens is 228 g/mol. The zero-order chi connectivity index (χ0) is 11.7. The van der Waals surface area contributed by atoms with Gasteiger partial charge in [-0.25, -0.2) is 0 Å². The average Bonchev–Trinajstić information content (AvgIpc) is 2.42. The van der Waals surface area contributed by atoms with Crippen molar-refractivity contribution in [2.24, 2.45) is 5.92 Å². The minimum Gasteiger partial charge on any atom is -0.334 e. The molecule has 1 aromatic carbocycles. The molecule has 0 aliphatic carbocycles. The minimum absolute atomic E-state index is 0.581. The van der Waals surface area contributed by atoms with Crippen LogP contribution < -0.4 is 4.90 Å². The van der Waals surface area contributed by atoms with Crippen LogP contribution >= 0.6 is 12.2 Å².